The minimum Gasteiger partial charge on any atom is -0.481 e. The van der Waals surface area contributed by atoms with Crippen LogP contribution in [-0.2, 0) is 6.54 Å². The van der Waals surface area contributed by atoms with Gasteiger partial charge in [0.2, 0.25) is 5.88 Å². The van der Waals surface area contributed by atoms with Gasteiger partial charge in [0.25, 0.3) is 0 Å². The molecule has 0 spiro atoms. The second-order valence-corrected chi connectivity index (χ2v) is 4.58. The topological polar surface area (TPSA) is 53.1 Å². The van der Waals surface area contributed by atoms with Crippen LogP contribution in [-0.4, -0.2) is 16.9 Å². The van der Waals surface area contributed by atoms with E-state index in [1.807, 2.05) is 31.2 Å². The number of nitrogens with two attached hydrogens (primary N) is 1. The summed E-state index contributed by atoms with van der Waals surface area (Å²) in [5, 5.41) is 4.45. The van der Waals surface area contributed by atoms with Gasteiger partial charge in [-0.2, -0.15) is 5.10 Å². The summed E-state index contributed by atoms with van der Waals surface area (Å²) in [5.41, 5.74) is 8.49. The number of aryl methyl sites for hydroxylation is 1. The molecule has 0 saturated heterocycles. The molecule has 90 valence electrons. The summed E-state index contributed by atoms with van der Waals surface area (Å²) < 4.78 is 8.18. The van der Waals surface area contributed by atoms with Crippen LogP contribution in [0.5, 0.6) is 5.88 Å². The molecule has 2 aromatic rings. The third-order valence-electron chi connectivity index (χ3n) is 2.61. The maximum absolute atomic E-state index is 5.70. The molecular formula is C12H14BrN3O. The Hall–Kier alpha value is -1.33. The molecule has 1 aromatic heterocycles. The Morgan fingerprint density at radius 3 is 2.53 bits per heavy atom. The fraction of sp³-hybridized carbons (Fsp3) is 0.250. The van der Waals surface area contributed by atoms with Crippen LogP contribution in [0.3, 0.4) is 0 Å². The van der Waals surface area contributed by atoms with Crippen molar-refractivity contribution in [3.8, 4) is 11.6 Å². The normalized spacial score (nSPS) is 10.6. The maximum atomic E-state index is 5.70. The predicted octanol–water partition coefficient (Wildman–Crippen LogP) is 2.41. The smallest absolute Gasteiger partial charge is 0.221 e. The highest BCUT2D eigenvalue weighted by molar-refractivity contribution is 9.10. The lowest BCUT2D eigenvalue weighted by atomic mass is 10.2. The van der Waals surface area contributed by atoms with Crippen molar-refractivity contribution in [2.75, 3.05) is 7.11 Å². The second kappa shape index (κ2) is 4.89. The quantitative estimate of drug-likeness (QED) is 0.946. The lowest BCUT2D eigenvalue weighted by molar-refractivity contribution is 0.379. The molecule has 4 nitrogen and oxygen atoms in total. The summed E-state index contributed by atoms with van der Waals surface area (Å²) in [7, 11) is 1.63. The van der Waals surface area contributed by atoms with E-state index in [0.717, 1.165) is 21.4 Å². The molecule has 0 unspecified atom stereocenters. The Kier molecular flexibility index (Phi) is 3.49. The molecule has 0 aliphatic rings. The van der Waals surface area contributed by atoms with Gasteiger partial charge in [-0.1, -0.05) is 15.9 Å². The van der Waals surface area contributed by atoms with Crippen molar-refractivity contribution >= 4 is 15.9 Å². The fourth-order valence-electron chi connectivity index (χ4n) is 1.74. The predicted molar refractivity (Wildman–Crippen MR) is 70.4 cm³/mol. The Balaban J connectivity index is 2.55. The number of hydrogen-bond acceptors (Lipinski definition) is 3. The minimum absolute atomic E-state index is 0.422. The van der Waals surface area contributed by atoms with Gasteiger partial charge in [0.05, 0.1) is 24.1 Å². The third-order valence-corrected chi connectivity index (χ3v) is 3.13. The molecule has 2 N–H and O–H groups in total. The van der Waals surface area contributed by atoms with Gasteiger partial charge in [0.15, 0.2) is 0 Å². The van der Waals surface area contributed by atoms with E-state index in [2.05, 4.69) is 21.0 Å². The summed E-state index contributed by atoms with van der Waals surface area (Å²) >= 11 is 3.41. The van der Waals surface area contributed by atoms with Gasteiger partial charge in [-0.25, -0.2) is 4.68 Å². The van der Waals surface area contributed by atoms with Crippen LogP contribution in [0.2, 0.25) is 0 Å². The Morgan fingerprint density at radius 2 is 2.00 bits per heavy atom. The van der Waals surface area contributed by atoms with Crippen molar-refractivity contribution in [3.05, 3.63) is 40.0 Å². The van der Waals surface area contributed by atoms with E-state index in [0.29, 0.717) is 12.4 Å². The molecule has 1 heterocycles. The number of hydrogen-bond donors (Lipinski definition) is 1. The van der Waals surface area contributed by atoms with E-state index in [1.165, 1.54) is 0 Å². The molecule has 1 aromatic carbocycles. The summed E-state index contributed by atoms with van der Waals surface area (Å²) in [6.45, 7) is 2.35. The molecule has 2 rings (SSSR count). The third kappa shape index (κ3) is 2.21. The lowest BCUT2D eigenvalue weighted by Crippen LogP contribution is -2.02. The van der Waals surface area contributed by atoms with Gasteiger partial charge >= 0.3 is 0 Å². The first kappa shape index (κ1) is 12.1. The highest BCUT2D eigenvalue weighted by Gasteiger charge is 2.15. The van der Waals surface area contributed by atoms with E-state index < -0.39 is 0 Å². The molecule has 5 heteroatoms. The Bertz CT molecular complexity index is 519. The average molecular weight is 296 g/mol. The number of benzene rings is 1. The molecule has 0 aliphatic carbocycles. The maximum Gasteiger partial charge on any atom is 0.221 e. The molecule has 0 bridgehead atoms. The van der Waals surface area contributed by atoms with E-state index in [4.69, 9.17) is 10.5 Å². The number of methoxy groups -OCH3 is 1. The van der Waals surface area contributed by atoms with Crippen molar-refractivity contribution in [3.63, 3.8) is 0 Å². The van der Waals surface area contributed by atoms with E-state index in [1.54, 1.807) is 11.8 Å². The van der Waals surface area contributed by atoms with E-state index in [-0.39, 0.29) is 0 Å². The Labute approximate surface area is 109 Å². The lowest BCUT2D eigenvalue weighted by Gasteiger charge is -2.07. The number of nitrogens with zero attached hydrogens (tertiary/aromatic N) is 2. The molecule has 0 radical (unpaired) electrons. The monoisotopic (exact) mass is 295 g/mol. The van der Waals surface area contributed by atoms with Crippen LogP contribution >= 0.6 is 15.9 Å². The van der Waals surface area contributed by atoms with Gasteiger partial charge in [-0.15, -0.1) is 0 Å². The van der Waals surface area contributed by atoms with Crippen LogP contribution in [0, 0.1) is 6.92 Å². The number of aromatic nitrogens is 2. The fourth-order valence-corrected chi connectivity index (χ4v) is 2.00. The number of rotatable bonds is 3. The highest BCUT2D eigenvalue weighted by Crippen LogP contribution is 2.25. The zero-order valence-corrected chi connectivity index (χ0v) is 11.4. The molecule has 0 saturated carbocycles. The zero-order chi connectivity index (χ0) is 12.4. The SMILES string of the molecule is COc1c(CN)c(C)nn1-c1ccc(Br)cc1. The van der Waals surface area contributed by atoms with Crippen molar-refractivity contribution in [1.29, 1.82) is 0 Å². The molecule has 17 heavy (non-hydrogen) atoms. The first-order valence-electron chi connectivity index (χ1n) is 5.26. The molecule has 0 atom stereocenters. The Morgan fingerprint density at radius 1 is 1.35 bits per heavy atom. The summed E-state index contributed by atoms with van der Waals surface area (Å²) in [6.07, 6.45) is 0. The molecule has 0 amide bonds. The first-order valence-corrected chi connectivity index (χ1v) is 6.05. The number of ether oxygens (including phenoxy) is 1. The van der Waals surface area contributed by atoms with Gasteiger partial charge in [0.1, 0.15) is 0 Å². The number of halogens is 1. The molecule has 0 fully saturated rings. The molecular weight excluding hydrogens is 282 g/mol. The van der Waals surface area contributed by atoms with Crippen molar-refractivity contribution in [2.24, 2.45) is 5.73 Å². The summed E-state index contributed by atoms with van der Waals surface area (Å²) in [6, 6.07) is 7.88. The van der Waals surface area contributed by atoms with Crippen molar-refractivity contribution in [2.45, 2.75) is 13.5 Å². The van der Waals surface area contributed by atoms with E-state index in [9.17, 15) is 0 Å². The van der Waals surface area contributed by atoms with Crippen molar-refractivity contribution < 1.29 is 4.74 Å². The summed E-state index contributed by atoms with van der Waals surface area (Å²) in [4.78, 5) is 0. The standard InChI is InChI=1S/C12H14BrN3O/c1-8-11(7-14)12(17-2)16(15-8)10-5-3-9(13)4-6-10/h3-6H,7,14H2,1-2H3. The zero-order valence-electron chi connectivity index (χ0n) is 9.77. The minimum atomic E-state index is 0.422. The van der Waals surface area contributed by atoms with Gasteiger partial charge in [-0.05, 0) is 31.2 Å². The van der Waals surface area contributed by atoms with Crippen LogP contribution in [0.1, 0.15) is 11.3 Å². The van der Waals surface area contributed by atoms with Crippen LogP contribution < -0.4 is 10.5 Å². The van der Waals surface area contributed by atoms with Crippen molar-refractivity contribution in [1.82, 2.24) is 9.78 Å². The van der Waals surface area contributed by atoms with Gasteiger partial charge in [-0.3, -0.25) is 0 Å². The van der Waals surface area contributed by atoms with Crippen LogP contribution in [0.15, 0.2) is 28.7 Å². The van der Waals surface area contributed by atoms with Gasteiger partial charge in [0, 0.05) is 11.0 Å². The largest absolute Gasteiger partial charge is 0.481 e. The second-order valence-electron chi connectivity index (χ2n) is 3.67. The molecule has 0 aliphatic heterocycles. The van der Waals surface area contributed by atoms with Crippen LogP contribution in [0.4, 0.5) is 0 Å². The first-order chi connectivity index (χ1) is 8.17. The highest BCUT2D eigenvalue weighted by atomic mass is 79.9. The van der Waals surface area contributed by atoms with Crippen LogP contribution in [0.25, 0.3) is 5.69 Å². The van der Waals surface area contributed by atoms with E-state index >= 15 is 0 Å². The summed E-state index contributed by atoms with van der Waals surface area (Å²) in [5.74, 6) is 0.701. The average Bonchev–Trinajstić information content (AvgIpc) is 2.66. The van der Waals surface area contributed by atoms with Gasteiger partial charge < -0.3 is 10.5 Å².